The maximum Gasteiger partial charge on any atom is 0.243 e. The molecule has 0 aromatic carbocycles. The molecule has 2 heteroatoms. The van der Waals surface area contributed by atoms with Gasteiger partial charge in [0.2, 0.25) is 5.91 Å². The highest BCUT2D eigenvalue weighted by molar-refractivity contribution is 5.89. The molecule has 0 aromatic rings. The van der Waals surface area contributed by atoms with Crippen LogP contribution in [-0.4, -0.2) is 11.9 Å². The monoisotopic (exact) mass is 301 g/mol. The fraction of sp³-hybridized carbons (Fsp3) is 0.850. The Balaban J connectivity index is 1.72. The Morgan fingerprint density at radius 3 is 2.73 bits per heavy atom. The number of carbonyl (C=O) groups excluding carboxylic acids is 1. The van der Waals surface area contributed by atoms with E-state index in [9.17, 15) is 4.79 Å². The van der Waals surface area contributed by atoms with Crippen LogP contribution in [0.5, 0.6) is 0 Å². The average molecular weight is 301 g/mol. The molecule has 1 heterocycles. The zero-order valence-corrected chi connectivity index (χ0v) is 14.6. The number of rotatable bonds is 0. The molecule has 0 aromatic heterocycles. The van der Waals surface area contributed by atoms with Crippen molar-refractivity contribution in [1.29, 1.82) is 0 Å². The molecule has 1 N–H and O–H groups in total. The van der Waals surface area contributed by atoms with E-state index in [1.54, 1.807) is 6.08 Å². The lowest BCUT2D eigenvalue weighted by molar-refractivity contribution is -0.124. The molecule has 1 amide bonds. The minimum Gasteiger partial charge on any atom is -0.349 e. The topological polar surface area (TPSA) is 29.1 Å². The second-order valence-electron chi connectivity index (χ2n) is 9.50. The number of amides is 1. The van der Waals surface area contributed by atoms with Crippen molar-refractivity contribution in [3.05, 3.63) is 12.2 Å². The molecule has 0 saturated heterocycles. The van der Waals surface area contributed by atoms with Gasteiger partial charge in [-0.25, -0.2) is 0 Å². The predicted octanol–water partition coefficient (Wildman–Crippen LogP) is 4.17. The van der Waals surface area contributed by atoms with Gasteiger partial charge >= 0.3 is 0 Å². The summed E-state index contributed by atoms with van der Waals surface area (Å²) in [5, 5.41) is 3.27. The Morgan fingerprint density at radius 2 is 1.95 bits per heavy atom. The second kappa shape index (κ2) is 4.61. The van der Waals surface area contributed by atoms with E-state index in [1.165, 1.54) is 25.7 Å². The van der Waals surface area contributed by atoms with Crippen molar-refractivity contribution in [3.63, 3.8) is 0 Å². The minimum atomic E-state index is 0.114. The standard InChI is InChI=1S/C20H31NO/c1-12-9-15-18-13(2)10-16-20(4,8-6-17(22)21-16)14(18)5-7-19(15,3)11-12/h6,8,12-16,18H,5,7,9-11H2,1-4H3,(H,21,22)/t12-,13+,14?,15?,16-,18?,19-,20-/m1/s1. The van der Waals surface area contributed by atoms with E-state index in [2.05, 4.69) is 39.1 Å². The van der Waals surface area contributed by atoms with Gasteiger partial charge < -0.3 is 5.32 Å². The smallest absolute Gasteiger partial charge is 0.243 e. The summed E-state index contributed by atoms with van der Waals surface area (Å²) in [5.74, 6) is 4.26. The Kier molecular flexibility index (Phi) is 3.10. The SMILES string of the molecule is C[C@@H]1CC2C3C(CC[C@]2(C)C1)[C@@]1(C)C=CC(=O)N[C@@H]1C[C@@H]3C. The molecule has 3 saturated carbocycles. The van der Waals surface area contributed by atoms with Gasteiger partial charge in [0.05, 0.1) is 0 Å². The summed E-state index contributed by atoms with van der Waals surface area (Å²) in [5.41, 5.74) is 0.762. The molecule has 3 aliphatic carbocycles. The van der Waals surface area contributed by atoms with Gasteiger partial charge in [0.25, 0.3) is 0 Å². The summed E-state index contributed by atoms with van der Waals surface area (Å²) in [6.07, 6.45) is 10.8. The van der Waals surface area contributed by atoms with E-state index in [1.807, 2.05) is 0 Å². The van der Waals surface area contributed by atoms with Gasteiger partial charge in [-0.3, -0.25) is 4.79 Å². The van der Waals surface area contributed by atoms with Crippen molar-refractivity contribution in [2.45, 2.75) is 65.8 Å². The van der Waals surface area contributed by atoms with Crippen LogP contribution in [0.2, 0.25) is 0 Å². The van der Waals surface area contributed by atoms with Gasteiger partial charge in [0, 0.05) is 11.5 Å². The highest BCUT2D eigenvalue weighted by atomic mass is 16.1. The van der Waals surface area contributed by atoms with Crippen molar-refractivity contribution in [1.82, 2.24) is 5.32 Å². The highest BCUT2D eigenvalue weighted by Gasteiger charge is 2.59. The second-order valence-corrected chi connectivity index (χ2v) is 9.50. The molecule has 0 spiro atoms. The van der Waals surface area contributed by atoms with E-state index in [-0.39, 0.29) is 11.3 Å². The first kappa shape index (κ1) is 14.8. The molecular formula is C20H31NO. The van der Waals surface area contributed by atoms with Crippen molar-refractivity contribution in [3.8, 4) is 0 Å². The summed E-state index contributed by atoms with van der Waals surface area (Å²) in [7, 11) is 0. The molecule has 4 aliphatic rings. The number of carbonyl (C=O) groups is 1. The summed E-state index contributed by atoms with van der Waals surface area (Å²) in [6.45, 7) is 9.89. The zero-order chi connectivity index (χ0) is 15.7. The normalized spacial score (nSPS) is 56.8. The molecule has 1 aliphatic heterocycles. The lowest BCUT2D eigenvalue weighted by atomic mass is 9.46. The summed E-state index contributed by atoms with van der Waals surface area (Å²) < 4.78 is 0. The van der Waals surface area contributed by atoms with Crippen LogP contribution in [-0.2, 0) is 4.79 Å². The van der Waals surface area contributed by atoms with Crippen LogP contribution in [0.1, 0.15) is 59.8 Å². The van der Waals surface area contributed by atoms with E-state index in [0.29, 0.717) is 11.5 Å². The van der Waals surface area contributed by atoms with Crippen LogP contribution in [0.3, 0.4) is 0 Å². The van der Waals surface area contributed by atoms with Crippen LogP contribution in [0.25, 0.3) is 0 Å². The van der Waals surface area contributed by atoms with Crippen molar-refractivity contribution < 1.29 is 4.79 Å². The molecule has 122 valence electrons. The summed E-state index contributed by atoms with van der Waals surface area (Å²) in [4.78, 5) is 11.8. The van der Waals surface area contributed by atoms with Crippen LogP contribution < -0.4 is 5.32 Å². The molecule has 22 heavy (non-hydrogen) atoms. The fourth-order valence-corrected chi connectivity index (χ4v) is 7.11. The third-order valence-electron chi connectivity index (χ3n) is 8.05. The highest BCUT2D eigenvalue weighted by Crippen LogP contribution is 2.65. The fourth-order valence-electron chi connectivity index (χ4n) is 7.11. The lowest BCUT2D eigenvalue weighted by Crippen LogP contribution is -2.61. The van der Waals surface area contributed by atoms with Crippen LogP contribution in [0, 0.1) is 40.4 Å². The summed E-state index contributed by atoms with van der Waals surface area (Å²) in [6, 6.07) is 0.351. The third-order valence-corrected chi connectivity index (χ3v) is 8.05. The number of fused-ring (bicyclic) bond motifs is 5. The van der Waals surface area contributed by atoms with E-state index >= 15 is 0 Å². The van der Waals surface area contributed by atoms with Gasteiger partial charge in [0.15, 0.2) is 0 Å². The molecule has 3 fully saturated rings. The molecule has 0 radical (unpaired) electrons. The maximum atomic E-state index is 11.8. The van der Waals surface area contributed by atoms with E-state index in [4.69, 9.17) is 0 Å². The first-order valence-electron chi connectivity index (χ1n) is 9.33. The zero-order valence-electron chi connectivity index (χ0n) is 14.6. The predicted molar refractivity (Wildman–Crippen MR) is 89.2 cm³/mol. The molecule has 2 nitrogen and oxygen atoms in total. The average Bonchev–Trinajstić information content (AvgIpc) is 2.75. The Labute approximate surface area is 135 Å². The van der Waals surface area contributed by atoms with Gasteiger partial charge in [-0.1, -0.05) is 33.8 Å². The maximum absolute atomic E-state index is 11.8. The van der Waals surface area contributed by atoms with Gasteiger partial charge in [-0.05, 0) is 73.2 Å². The van der Waals surface area contributed by atoms with Gasteiger partial charge in [-0.2, -0.15) is 0 Å². The van der Waals surface area contributed by atoms with E-state index in [0.717, 1.165) is 36.0 Å². The van der Waals surface area contributed by atoms with Crippen LogP contribution in [0.4, 0.5) is 0 Å². The van der Waals surface area contributed by atoms with Gasteiger partial charge in [0.1, 0.15) is 0 Å². The first-order chi connectivity index (χ1) is 10.3. The molecule has 8 atom stereocenters. The number of nitrogens with one attached hydrogen (secondary N) is 1. The largest absolute Gasteiger partial charge is 0.349 e. The Hall–Kier alpha value is -0.790. The number of hydrogen-bond acceptors (Lipinski definition) is 1. The minimum absolute atomic E-state index is 0.114. The van der Waals surface area contributed by atoms with Crippen LogP contribution in [0.15, 0.2) is 12.2 Å². The Bertz CT molecular complexity index is 526. The van der Waals surface area contributed by atoms with Crippen LogP contribution >= 0.6 is 0 Å². The number of hydrogen-bond donors (Lipinski definition) is 1. The van der Waals surface area contributed by atoms with E-state index < -0.39 is 0 Å². The Morgan fingerprint density at radius 1 is 1.18 bits per heavy atom. The van der Waals surface area contributed by atoms with Gasteiger partial charge in [-0.15, -0.1) is 0 Å². The lowest BCUT2D eigenvalue weighted by Gasteiger charge is -2.60. The van der Waals surface area contributed by atoms with Crippen molar-refractivity contribution >= 4 is 5.91 Å². The van der Waals surface area contributed by atoms with Crippen molar-refractivity contribution in [2.75, 3.05) is 0 Å². The third kappa shape index (κ3) is 1.88. The molecule has 0 bridgehead atoms. The summed E-state index contributed by atoms with van der Waals surface area (Å²) >= 11 is 0. The molecule has 4 rings (SSSR count). The van der Waals surface area contributed by atoms with Crippen molar-refractivity contribution in [2.24, 2.45) is 40.4 Å². The first-order valence-corrected chi connectivity index (χ1v) is 9.33. The quantitative estimate of drug-likeness (QED) is 0.715. The molecular weight excluding hydrogens is 270 g/mol. The molecule has 3 unspecified atom stereocenters.